The van der Waals surface area contributed by atoms with Crippen LogP contribution in [0.2, 0.25) is 5.02 Å². The van der Waals surface area contributed by atoms with Crippen LogP contribution >= 0.6 is 11.6 Å². The molecule has 1 aromatic carbocycles. The van der Waals surface area contributed by atoms with Crippen LogP contribution in [0.4, 0.5) is 0 Å². The predicted octanol–water partition coefficient (Wildman–Crippen LogP) is 2.64. The van der Waals surface area contributed by atoms with Crippen LogP contribution in [0.15, 0.2) is 24.3 Å². The van der Waals surface area contributed by atoms with Crippen molar-refractivity contribution in [1.29, 1.82) is 0 Å². The Hall–Kier alpha value is -1.06. The smallest absolute Gasteiger partial charge is 0.310 e. The SMILES string of the molecule is NCC(c1ccc(Cl)cc1)C1(C(=O)O)CCC1. The van der Waals surface area contributed by atoms with Gasteiger partial charge in [-0.3, -0.25) is 4.79 Å². The molecule has 1 fully saturated rings. The second-order valence-corrected chi connectivity index (χ2v) is 5.09. The third-order valence-electron chi connectivity index (χ3n) is 3.85. The number of halogens is 1. The minimum atomic E-state index is -0.728. The van der Waals surface area contributed by atoms with Crippen LogP contribution in [0.5, 0.6) is 0 Å². The van der Waals surface area contributed by atoms with E-state index in [1.165, 1.54) is 0 Å². The zero-order chi connectivity index (χ0) is 12.5. The minimum Gasteiger partial charge on any atom is -0.481 e. The molecule has 0 bridgehead atoms. The lowest BCUT2D eigenvalue weighted by Crippen LogP contribution is -2.45. The molecule has 1 aliphatic carbocycles. The summed E-state index contributed by atoms with van der Waals surface area (Å²) in [6, 6.07) is 7.33. The standard InChI is InChI=1S/C13H16ClNO2/c14-10-4-2-9(3-5-10)11(8-15)13(12(16)17)6-1-7-13/h2-5,11H,1,6-8,15H2,(H,16,17). The van der Waals surface area contributed by atoms with Crippen molar-refractivity contribution in [2.75, 3.05) is 6.54 Å². The van der Waals surface area contributed by atoms with Gasteiger partial charge in [-0.25, -0.2) is 0 Å². The first kappa shape index (κ1) is 12.4. The van der Waals surface area contributed by atoms with Gasteiger partial charge >= 0.3 is 5.97 Å². The number of carboxylic acid groups (broad SMARTS) is 1. The van der Waals surface area contributed by atoms with Gasteiger partial charge in [-0.2, -0.15) is 0 Å². The first-order chi connectivity index (χ1) is 8.10. The maximum absolute atomic E-state index is 11.5. The van der Waals surface area contributed by atoms with Crippen molar-refractivity contribution in [2.45, 2.75) is 25.2 Å². The van der Waals surface area contributed by atoms with Crippen molar-refractivity contribution < 1.29 is 9.90 Å². The second kappa shape index (κ2) is 4.67. The summed E-state index contributed by atoms with van der Waals surface area (Å²) >= 11 is 5.84. The lowest BCUT2D eigenvalue weighted by Gasteiger charge is -2.44. The van der Waals surface area contributed by atoms with E-state index in [1.807, 2.05) is 12.1 Å². The summed E-state index contributed by atoms with van der Waals surface area (Å²) in [5.74, 6) is -0.847. The Bertz CT molecular complexity index is 412. The van der Waals surface area contributed by atoms with Crippen molar-refractivity contribution in [2.24, 2.45) is 11.1 Å². The van der Waals surface area contributed by atoms with E-state index in [2.05, 4.69) is 0 Å². The molecular formula is C13H16ClNO2. The number of benzene rings is 1. The quantitative estimate of drug-likeness (QED) is 0.867. The number of hydrogen-bond donors (Lipinski definition) is 2. The van der Waals surface area contributed by atoms with Gasteiger partial charge in [-0.05, 0) is 30.5 Å². The van der Waals surface area contributed by atoms with E-state index in [1.54, 1.807) is 12.1 Å². The van der Waals surface area contributed by atoms with E-state index >= 15 is 0 Å². The minimum absolute atomic E-state index is 0.119. The monoisotopic (exact) mass is 253 g/mol. The molecule has 0 aromatic heterocycles. The zero-order valence-electron chi connectivity index (χ0n) is 9.53. The Labute approximate surface area is 106 Å². The van der Waals surface area contributed by atoms with Crippen LogP contribution in [0.3, 0.4) is 0 Å². The molecule has 3 nitrogen and oxygen atoms in total. The zero-order valence-corrected chi connectivity index (χ0v) is 10.3. The van der Waals surface area contributed by atoms with Crippen LogP contribution < -0.4 is 5.73 Å². The van der Waals surface area contributed by atoms with E-state index in [4.69, 9.17) is 17.3 Å². The average Bonchev–Trinajstić information content (AvgIpc) is 2.24. The Morgan fingerprint density at radius 2 is 2.00 bits per heavy atom. The molecule has 1 saturated carbocycles. The summed E-state index contributed by atoms with van der Waals surface area (Å²) in [4.78, 5) is 11.5. The van der Waals surface area contributed by atoms with Gasteiger partial charge in [0, 0.05) is 17.5 Å². The topological polar surface area (TPSA) is 63.3 Å². The Kier molecular flexibility index (Phi) is 3.40. The summed E-state index contributed by atoms with van der Waals surface area (Å²) < 4.78 is 0. The third-order valence-corrected chi connectivity index (χ3v) is 4.10. The van der Waals surface area contributed by atoms with E-state index in [-0.39, 0.29) is 5.92 Å². The maximum atomic E-state index is 11.5. The Morgan fingerprint density at radius 3 is 2.35 bits per heavy atom. The van der Waals surface area contributed by atoms with Gasteiger partial charge in [-0.1, -0.05) is 30.2 Å². The van der Waals surface area contributed by atoms with Crippen molar-refractivity contribution >= 4 is 17.6 Å². The van der Waals surface area contributed by atoms with E-state index < -0.39 is 11.4 Å². The molecule has 0 spiro atoms. The summed E-state index contributed by atoms with van der Waals surface area (Å²) in [5, 5.41) is 10.1. The molecule has 0 saturated heterocycles. The number of rotatable bonds is 4. The van der Waals surface area contributed by atoms with E-state index in [0.29, 0.717) is 24.4 Å². The molecule has 3 N–H and O–H groups in total. The third kappa shape index (κ3) is 2.05. The van der Waals surface area contributed by atoms with E-state index in [0.717, 1.165) is 12.0 Å². The highest BCUT2D eigenvalue weighted by Crippen LogP contribution is 2.51. The van der Waals surface area contributed by atoms with Gasteiger partial charge in [0.1, 0.15) is 0 Å². The van der Waals surface area contributed by atoms with Crippen molar-refractivity contribution in [3.05, 3.63) is 34.9 Å². The molecule has 1 aromatic rings. The highest BCUT2D eigenvalue weighted by atomic mass is 35.5. The fourth-order valence-corrected chi connectivity index (χ4v) is 2.77. The second-order valence-electron chi connectivity index (χ2n) is 4.65. The number of carbonyl (C=O) groups is 1. The van der Waals surface area contributed by atoms with Crippen molar-refractivity contribution in [3.8, 4) is 0 Å². The van der Waals surface area contributed by atoms with Crippen LogP contribution in [-0.4, -0.2) is 17.6 Å². The average molecular weight is 254 g/mol. The van der Waals surface area contributed by atoms with E-state index in [9.17, 15) is 9.90 Å². The van der Waals surface area contributed by atoms with Gasteiger partial charge in [-0.15, -0.1) is 0 Å². The molecule has 2 rings (SSSR count). The lowest BCUT2D eigenvalue weighted by molar-refractivity contribution is -0.156. The molecule has 92 valence electrons. The molecule has 0 radical (unpaired) electrons. The van der Waals surface area contributed by atoms with Gasteiger partial charge < -0.3 is 10.8 Å². The van der Waals surface area contributed by atoms with Gasteiger partial charge in [0.15, 0.2) is 0 Å². The fraction of sp³-hybridized carbons (Fsp3) is 0.462. The van der Waals surface area contributed by atoms with Crippen LogP contribution in [0.25, 0.3) is 0 Å². The van der Waals surface area contributed by atoms with Gasteiger partial charge in [0.25, 0.3) is 0 Å². The summed E-state index contributed by atoms with van der Waals surface area (Å²) in [7, 11) is 0. The van der Waals surface area contributed by atoms with Crippen molar-refractivity contribution in [1.82, 2.24) is 0 Å². The molecule has 17 heavy (non-hydrogen) atoms. The summed E-state index contributed by atoms with van der Waals surface area (Å²) in [5.41, 5.74) is 6.09. The number of hydrogen-bond acceptors (Lipinski definition) is 2. The van der Waals surface area contributed by atoms with Crippen LogP contribution in [-0.2, 0) is 4.79 Å². The molecule has 0 amide bonds. The predicted molar refractivity (Wildman–Crippen MR) is 67.2 cm³/mol. The highest BCUT2D eigenvalue weighted by Gasteiger charge is 2.50. The molecule has 1 unspecified atom stereocenters. The van der Waals surface area contributed by atoms with Gasteiger partial charge in [0.2, 0.25) is 0 Å². The van der Waals surface area contributed by atoms with Crippen LogP contribution in [0, 0.1) is 5.41 Å². The maximum Gasteiger partial charge on any atom is 0.310 e. The fourth-order valence-electron chi connectivity index (χ4n) is 2.64. The van der Waals surface area contributed by atoms with Crippen molar-refractivity contribution in [3.63, 3.8) is 0 Å². The molecule has 4 heteroatoms. The number of nitrogens with two attached hydrogens (primary N) is 1. The molecule has 1 atom stereocenters. The summed E-state index contributed by atoms with van der Waals surface area (Å²) in [6.45, 7) is 0.355. The van der Waals surface area contributed by atoms with Gasteiger partial charge in [0.05, 0.1) is 5.41 Å². The number of carboxylic acids is 1. The molecule has 0 aliphatic heterocycles. The van der Waals surface area contributed by atoms with Crippen LogP contribution in [0.1, 0.15) is 30.7 Å². The lowest BCUT2D eigenvalue weighted by atomic mass is 9.59. The Balaban J connectivity index is 2.32. The number of aliphatic carboxylic acids is 1. The molecule has 0 heterocycles. The normalized spacial score (nSPS) is 19.4. The summed E-state index contributed by atoms with van der Waals surface area (Å²) in [6.07, 6.45) is 2.40. The molecular weight excluding hydrogens is 238 g/mol. The first-order valence-corrected chi connectivity index (χ1v) is 6.17. The molecule has 1 aliphatic rings. The highest BCUT2D eigenvalue weighted by molar-refractivity contribution is 6.30. The Morgan fingerprint density at radius 1 is 1.41 bits per heavy atom. The largest absolute Gasteiger partial charge is 0.481 e. The first-order valence-electron chi connectivity index (χ1n) is 5.79.